The summed E-state index contributed by atoms with van der Waals surface area (Å²) in [5.74, 6) is -0.761. The van der Waals surface area contributed by atoms with E-state index in [1.54, 1.807) is 41.7 Å². The Morgan fingerprint density at radius 1 is 0.982 bits per heavy atom. The van der Waals surface area contributed by atoms with Crippen LogP contribution in [0.1, 0.15) is 51.4 Å². The van der Waals surface area contributed by atoms with Crippen LogP contribution in [0.5, 0.6) is 5.75 Å². The van der Waals surface area contributed by atoms with Gasteiger partial charge in [-0.1, -0.05) is 69.3 Å². The van der Waals surface area contributed by atoms with Crippen molar-refractivity contribution >= 4 is 46.6 Å². The molecule has 12 nitrogen and oxygen atoms in total. The van der Waals surface area contributed by atoms with Gasteiger partial charge in [-0.2, -0.15) is 0 Å². The number of β-amino-alcohol motifs (C(OH)–C–C–N with tert-alkyl or cyclic N) is 1. The standard InChI is InChI=1S/C41H45N7O5S2/c1-23(25-10-12-27(13-11-25)36-24(2)43-22-55-36)44-39(52)33-18-28(49)20-48(33)40(53)37(41(3,4)5)45-35(51)21-54-29-16-14-26(15-17-29)31-19-32(46-47-38(31)42)30-8-6-7-9-34(30)50/h6-17,19,22-23,28,33,37,49-50H,18,20-21H2,1-5H3,(H2,42,47)(H,44,52)(H,45,51)/t23-,28+,33-,37+/m0/s1. The van der Waals surface area contributed by atoms with Crippen LogP contribution in [0.4, 0.5) is 5.82 Å². The highest BCUT2D eigenvalue weighted by Crippen LogP contribution is 2.34. The second-order valence-electron chi connectivity index (χ2n) is 14.7. The number of carbonyl (C=O) groups is 3. The molecule has 0 saturated carbocycles. The van der Waals surface area contributed by atoms with E-state index >= 15 is 0 Å². The fourth-order valence-electron chi connectivity index (χ4n) is 6.55. The largest absolute Gasteiger partial charge is 0.507 e. The van der Waals surface area contributed by atoms with Crippen molar-refractivity contribution in [2.75, 3.05) is 18.0 Å². The Morgan fingerprint density at radius 3 is 2.33 bits per heavy atom. The van der Waals surface area contributed by atoms with Crippen LogP contribution in [0.3, 0.4) is 0 Å². The number of nitrogens with zero attached hydrogens (tertiary/aromatic N) is 4. The molecular weight excluding hydrogens is 735 g/mol. The lowest BCUT2D eigenvalue weighted by Gasteiger charge is -2.35. The Bertz CT molecular complexity index is 2170. The first-order valence-electron chi connectivity index (χ1n) is 17.9. The van der Waals surface area contributed by atoms with Crippen LogP contribution < -0.4 is 16.4 Å². The fourth-order valence-corrected chi connectivity index (χ4v) is 8.07. The molecule has 1 aliphatic heterocycles. The van der Waals surface area contributed by atoms with Gasteiger partial charge in [0.15, 0.2) is 5.82 Å². The number of aromatic hydroxyl groups is 1. The number of carbonyl (C=O) groups excluding carboxylic acids is 3. The Kier molecular flexibility index (Phi) is 11.9. The number of aliphatic hydroxyl groups is 1. The summed E-state index contributed by atoms with van der Waals surface area (Å²) in [5, 5.41) is 35.1. The van der Waals surface area contributed by atoms with Crippen LogP contribution in [0.25, 0.3) is 32.8 Å². The molecule has 286 valence electrons. The summed E-state index contributed by atoms with van der Waals surface area (Å²) in [6.45, 7) is 9.40. The van der Waals surface area contributed by atoms with Gasteiger partial charge < -0.3 is 31.5 Å². The highest BCUT2D eigenvalue weighted by Gasteiger charge is 2.44. The predicted molar refractivity (Wildman–Crippen MR) is 216 cm³/mol. The molecule has 55 heavy (non-hydrogen) atoms. The minimum Gasteiger partial charge on any atom is -0.507 e. The lowest BCUT2D eigenvalue weighted by molar-refractivity contribution is -0.143. The number of aliphatic hydroxyl groups excluding tert-OH is 1. The maximum absolute atomic E-state index is 14.1. The van der Waals surface area contributed by atoms with Crippen molar-refractivity contribution in [3.63, 3.8) is 0 Å². The van der Waals surface area contributed by atoms with Gasteiger partial charge in [0.05, 0.1) is 39.7 Å². The van der Waals surface area contributed by atoms with Crippen LogP contribution in [-0.4, -0.2) is 78.5 Å². The molecule has 6 rings (SSSR count). The Morgan fingerprint density at radius 2 is 1.67 bits per heavy atom. The molecule has 0 aliphatic carbocycles. The summed E-state index contributed by atoms with van der Waals surface area (Å²) in [6, 6.07) is 21.9. The SMILES string of the molecule is Cc1ncsc1-c1ccc([C@H](C)NC(=O)[C@@H]2C[C@@H](O)CN2C(=O)[C@@H](NC(=O)CSc2ccc(-c3cc(-c4ccccc4O)nnc3N)cc2)C(C)(C)C)cc1. The number of phenolic OH excluding ortho intramolecular Hbond substituents is 1. The highest BCUT2D eigenvalue weighted by molar-refractivity contribution is 8.00. The number of phenols is 1. The number of hydrogen-bond acceptors (Lipinski definition) is 11. The van der Waals surface area contributed by atoms with Crippen molar-refractivity contribution in [3.05, 3.63) is 95.6 Å². The zero-order chi connectivity index (χ0) is 39.4. The zero-order valence-corrected chi connectivity index (χ0v) is 32.9. The van der Waals surface area contributed by atoms with E-state index in [9.17, 15) is 24.6 Å². The summed E-state index contributed by atoms with van der Waals surface area (Å²) in [6.07, 6.45) is -0.774. The predicted octanol–water partition coefficient (Wildman–Crippen LogP) is 5.99. The second-order valence-corrected chi connectivity index (χ2v) is 16.6. The number of thiazole rings is 1. The molecule has 14 heteroatoms. The number of thioether (sulfide) groups is 1. The molecule has 0 spiro atoms. The molecule has 6 N–H and O–H groups in total. The van der Waals surface area contributed by atoms with E-state index in [1.807, 2.05) is 88.7 Å². The fraction of sp³-hybridized carbons (Fsp3) is 0.317. The number of aryl methyl sites for hydroxylation is 1. The molecule has 3 amide bonds. The third kappa shape index (κ3) is 9.15. The Labute approximate surface area is 328 Å². The number of rotatable bonds is 11. The number of hydrogen-bond donors (Lipinski definition) is 5. The molecule has 2 aromatic heterocycles. The molecule has 0 bridgehead atoms. The van der Waals surface area contributed by atoms with Gasteiger partial charge in [0.1, 0.15) is 17.8 Å². The third-order valence-electron chi connectivity index (χ3n) is 9.60. The third-order valence-corrected chi connectivity index (χ3v) is 11.6. The average molecular weight is 780 g/mol. The quantitative estimate of drug-likeness (QED) is 0.0999. The maximum atomic E-state index is 14.1. The first-order valence-corrected chi connectivity index (χ1v) is 19.8. The van der Waals surface area contributed by atoms with E-state index in [2.05, 4.69) is 25.8 Å². The van der Waals surface area contributed by atoms with E-state index in [-0.39, 0.29) is 48.1 Å². The van der Waals surface area contributed by atoms with Gasteiger partial charge in [0.25, 0.3) is 0 Å². The number of anilines is 1. The summed E-state index contributed by atoms with van der Waals surface area (Å²) >= 11 is 2.89. The van der Waals surface area contributed by atoms with Crippen molar-refractivity contribution < 1.29 is 24.6 Å². The van der Waals surface area contributed by atoms with E-state index in [0.717, 1.165) is 32.2 Å². The van der Waals surface area contributed by atoms with Crippen LogP contribution in [-0.2, 0) is 14.4 Å². The zero-order valence-electron chi connectivity index (χ0n) is 31.3. The van der Waals surface area contributed by atoms with Gasteiger partial charge in [-0.3, -0.25) is 14.4 Å². The summed E-state index contributed by atoms with van der Waals surface area (Å²) in [5.41, 5.74) is 12.7. The van der Waals surface area contributed by atoms with E-state index < -0.39 is 29.5 Å². The van der Waals surface area contributed by atoms with Gasteiger partial charge in [-0.25, -0.2) is 4.98 Å². The topological polar surface area (TPSA) is 184 Å². The smallest absolute Gasteiger partial charge is 0.246 e. The first-order chi connectivity index (χ1) is 26.2. The number of aromatic nitrogens is 3. The number of benzene rings is 3. The van der Waals surface area contributed by atoms with Crippen molar-refractivity contribution in [2.24, 2.45) is 5.41 Å². The van der Waals surface area contributed by atoms with Crippen LogP contribution in [0, 0.1) is 12.3 Å². The summed E-state index contributed by atoms with van der Waals surface area (Å²) in [4.78, 5) is 48.7. The molecule has 0 radical (unpaired) electrons. The molecule has 3 heterocycles. The number of nitrogen functional groups attached to an aromatic ring is 1. The number of likely N-dealkylation sites (tertiary alicyclic amines) is 1. The molecular formula is C41H45N7O5S2. The minimum atomic E-state index is -0.941. The lowest BCUT2D eigenvalue weighted by atomic mass is 9.85. The number of amides is 3. The second kappa shape index (κ2) is 16.6. The normalized spacial score (nSPS) is 16.7. The summed E-state index contributed by atoms with van der Waals surface area (Å²) in [7, 11) is 0. The van der Waals surface area contributed by atoms with Crippen LogP contribution >= 0.6 is 23.1 Å². The van der Waals surface area contributed by atoms with Gasteiger partial charge in [-0.05, 0) is 66.3 Å². The molecule has 4 atom stereocenters. The van der Waals surface area contributed by atoms with Crippen molar-refractivity contribution in [3.8, 4) is 38.6 Å². The van der Waals surface area contributed by atoms with Gasteiger partial charge in [-0.15, -0.1) is 33.3 Å². The summed E-state index contributed by atoms with van der Waals surface area (Å²) < 4.78 is 0. The molecule has 5 aromatic rings. The molecule has 1 fully saturated rings. The monoisotopic (exact) mass is 779 g/mol. The van der Waals surface area contributed by atoms with Crippen molar-refractivity contribution in [1.29, 1.82) is 0 Å². The van der Waals surface area contributed by atoms with Crippen LogP contribution in [0.2, 0.25) is 0 Å². The highest BCUT2D eigenvalue weighted by atomic mass is 32.2. The molecule has 0 unspecified atom stereocenters. The minimum absolute atomic E-state index is 0.0107. The van der Waals surface area contributed by atoms with Crippen molar-refractivity contribution in [2.45, 2.75) is 70.2 Å². The maximum Gasteiger partial charge on any atom is 0.246 e. The van der Waals surface area contributed by atoms with E-state index in [1.165, 1.54) is 16.7 Å². The lowest BCUT2D eigenvalue weighted by Crippen LogP contribution is -2.58. The van der Waals surface area contributed by atoms with Gasteiger partial charge >= 0.3 is 0 Å². The van der Waals surface area contributed by atoms with Crippen LogP contribution in [0.15, 0.2) is 89.3 Å². The average Bonchev–Trinajstić information content (AvgIpc) is 3.78. The van der Waals surface area contributed by atoms with Crippen molar-refractivity contribution in [1.82, 2.24) is 30.7 Å². The molecule has 1 saturated heterocycles. The number of nitrogens with one attached hydrogen (secondary N) is 2. The first kappa shape index (κ1) is 39.4. The van der Waals surface area contributed by atoms with E-state index in [0.29, 0.717) is 16.8 Å². The Hall–Kier alpha value is -5.31. The van der Waals surface area contributed by atoms with Gasteiger partial charge in [0, 0.05) is 29.0 Å². The van der Waals surface area contributed by atoms with Gasteiger partial charge in [0.2, 0.25) is 17.7 Å². The molecule has 1 aliphatic rings. The Balaban J connectivity index is 1.07. The number of nitrogens with two attached hydrogens (primary N) is 1. The molecule has 3 aromatic carbocycles. The number of para-hydroxylation sites is 1. The van der Waals surface area contributed by atoms with E-state index in [4.69, 9.17) is 5.73 Å².